The Hall–Kier alpha value is -0.480. The molecule has 0 spiro atoms. The number of hydrogen-bond donors (Lipinski definition) is 2. The van der Waals surface area contributed by atoms with Crippen LogP contribution in [0.3, 0.4) is 0 Å². The van der Waals surface area contributed by atoms with Gasteiger partial charge in [0.2, 0.25) is 5.91 Å². The van der Waals surface area contributed by atoms with Crippen LogP contribution in [-0.4, -0.2) is 30.0 Å². The maximum absolute atomic E-state index is 11.4. The maximum Gasteiger partial charge on any atom is 0.224 e. The molecule has 14 heavy (non-hydrogen) atoms. The van der Waals surface area contributed by atoms with E-state index in [0.717, 1.165) is 11.5 Å². The summed E-state index contributed by atoms with van der Waals surface area (Å²) in [4.78, 5) is 11.4. The van der Waals surface area contributed by atoms with E-state index in [1.807, 2.05) is 19.9 Å². The lowest BCUT2D eigenvalue weighted by molar-refractivity contribution is -0.124. The van der Waals surface area contributed by atoms with Gasteiger partial charge >= 0.3 is 0 Å². The number of hydrogen-bond acceptors (Lipinski definition) is 3. The summed E-state index contributed by atoms with van der Waals surface area (Å²) in [6.45, 7) is 8.01. The maximum atomic E-state index is 11.4. The highest BCUT2D eigenvalue weighted by molar-refractivity contribution is 7.99. The summed E-state index contributed by atoms with van der Waals surface area (Å²) < 4.78 is 0. The fourth-order valence-electron chi connectivity index (χ4n) is 0.813. The second-order valence-electron chi connectivity index (χ2n) is 3.30. The second kappa shape index (κ2) is 7.88. The van der Waals surface area contributed by atoms with E-state index in [0.29, 0.717) is 6.54 Å². The third kappa shape index (κ3) is 6.05. The highest BCUT2D eigenvalue weighted by atomic mass is 32.2. The van der Waals surface area contributed by atoms with Crippen molar-refractivity contribution in [1.29, 1.82) is 0 Å². The van der Waals surface area contributed by atoms with Gasteiger partial charge in [-0.3, -0.25) is 4.79 Å². The topological polar surface area (TPSA) is 55.1 Å². The normalized spacial score (nSPS) is 14.5. The van der Waals surface area contributed by atoms with Crippen LogP contribution in [0.1, 0.15) is 13.8 Å². The molecule has 0 heterocycles. The molecule has 0 saturated heterocycles. The van der Waals surface area contributed by atoms with Gasteiger partial charge < -0.3 is 11.1 Å². The van der Waals surface area contributed by atoms with E-state index < -0.39 is 0 Å². The monoisotopic (exact) mass is 216 g/mol. The van der Waals surface area contributed by atoms with Gasteiger partial charge in [-0.2, -0.15) is 11.8 Å². The number of rotatable bonds is 7. The van der Waals surface area contributed by atoms with Crippen molar-refractivity contribution in [1.82, 2.24) is 5.32 Å². The predicted octanol–water partition coefficient (Wildman–Crippen LogP) is 1.01. The Morgan fingerprint density at radius 3 is 2.79 bits per heavy atom. The van der Waals surface area contributed by atoms with Crippen LogP contribution in [0.2, 0.25) is 0 Å². The molecule has 0 radical (unpaired) electrons. The average Bonchev–Trinajstić information content (AvgIpc) is 2.16. The molecule has 0 aromatic carbocycles. The molecule has 0 aromatic rings. The minimum absolute atomic E-state index is 0.0409. The number of thioether (sulfide) groups is 1. The predicted molar refractivity (Wildman–Crippen MR) is 63.3 cm³/mol. The third-order valence-electron chi connectivity index (χ3n) is 1.98. The molecule has 0 bridgehead atoms. The number of amides is 1. The molecule has 0 aromatic heterocycles. The molecule has 4 heteroatoms. The summed E-state index contributed by atoms with van der Waals surface area (Å²) in [6.07, 6.45) is 1.86. The average molecular weight is 216 g/mol. The number of carbonyl (C=O) groups is 1. The standard InChI is InChI=1S/C10H20N2OS/c1-4-6-14-7-5-12-10(13)8(2)9(3)11/h4,8-9H,1,5-7,11H2,2-3H3,(H,12,13). The lowest BCUT2D eigenvalue weighted by Crippen LogP contribution is -2.39. The molecule has 82 valence electrons. The van der Waals surface area contributed by atoms with Crippen LogP contribution in [0.4, 0.5) is 0 Å². The zero-order chi connectivity index (χ0) is 11.0. The van der Waals surface area contributed by atoms with Crippen LogP contribution in [0.15, 0.2) is 12.7 Å². The van der Waals surface area contributed by atoms with Crippen LogP contribution in [0.25, 0.3) is 0 Å². The molecule has 0 fully saturated rings. The molecular weight excluding hydrogens is 196 g/mol. The van der Waals surface area contributed by atoms with E-state index in [1.54, 1.807) is 11.8 Å². The number of nitrogens with two attached hydrogens (primary N) is 1. The molecule has 2 atom stereocenters. The van der Waals surface area contributed by atoms with Gasteiger partial charge in [-0.05, 0) is 6.92 Å². The van der Waals surface area contributed by atoms with E-state index in [4.69, 9.17) is 5.73 Å². The van der Waals surface area contributed by atoms with E-state index in [9.17, 15) is 4.79 Å². The third-order valence-corrected chi connectivity index (χ3v) is 2.95. The van der Waals surface area contributed by atoms with Crippen molar-refractivity contribution in [3.63, 3.8) is 0 Å². The van der Waals surface area contributed by atoms with Crippen molar-refractivity contribution in [3.8, 4) is 0 Å². The molecule has 3 nitrogen and oxygen atoms in total. The lowest BCUT2D eigenvalue weighted by atomic mass is 10.0. The number of carbonyl (C=O) groups excluding carboxylic acids is 1. The Bertz CT molecular complexity index is 183. The Kier molecular flexibility index (Phi) is 7.61. The summed E-state index contributed by atoms with van der Waals surface area (Å²) in [5, 5.41) is 2.85. The number of nitrogens with one attached hydrogen (secondary N) is 1. The zero-order valence-corrected chi connectivity index (χ0v) is 9.77. The minimum Gasteiger partial charge on any atom is -0.355 e. The highest BCUT2D eigenvalue weighted by Gasteiger charge is 2.15. The first kappa shape index (κ1) is 13.5. The van der Waals surface area contributed by atoms with E-state index in [2.05, 4.69) is 11.9 Å². The van der Waals surface area contributed by atoms with Gasteiger partial charge in [0, 0.05) is 30.0 Å². The van der Waals surface area contributed by atoms with Gasteiger partial charge in [-0.25, -0.2) is 0 Å². The SMILES string of the molecule is C=CCSCCNC(=O)C(C)C(C)N. The molecule has 3 N–H and O–H groups in total. The van der Waals surface area contributed by atoms with Crippen LogP contribution in [0.5, 0.6) is 0 Å². The first-order valence-electron chi connectivity index (χ1n) is 4.81. The molecule has 0 saturated carbocycles. The van der Waals surface area contributed by atoms with Crippen LogP contribution >= 0.6 is 11.8 Å². The van der Waals surface area contributed by atoms with Gasteiger partial charge in [0.15, 0.2) is 0 Å². The van der Waals surface area contributed by atoms with Crippen molar-refractivity contribution in [2.24, 2.45) is 11.7 Å². The van der Waals surface area contributed by atoms with Gasteiger partial charge in [-0.15, -0.1) is 6.58 Å². The molecular formula is C10H20N2OS. The van der Waals surface area contributed by atoms with E-state index in [-0.39, 0.29) is 17.9 Å². The van der Waals surface area contributed by atoms with Gasteiger partial charge in [0.05, 0.1) is 0 Å². The first-order valence-corrected chi connectivity index (χ1v) is 5.97. The summed E-state index contributed by atoms with van der Waals surface area (Å²) in [5.41, 5.74) is 5.61. The quantitative estimate of drug-likeness (QED) is 0.493. The fourth-order valence-corrected chi connectivity index (χ4v) is 1.39. The van der Waals surface area contributed by atoms with Crippen molar-refractivity contribution in [2.45, 2.75) is 19.9 Å². The van der Waals surface area contributed by atoms with Crippen molar-refractivity contribution < 1.29 is 4.79 Å². The van der Waals surface area contributed by atoms with Crippen LogP contribution in [0, 0.1) is 5.92 Å². The van der Waals surface area contributed by atoms with Gasteiger partial charge in [0.1, 0.15) is 0 Å². The van der Waals surface area contributed by atoms with Gasteiger partial charge in [0.25, 0.3) is 0 Å². The minimum atomic E-state index is -0.112. The summed E-state index contributed by atoms with van der Waals surface area (Å²) in [7, 11) is 0. The summed E-state index contributed by atoms with van der Waals surface area (Å²) in [6, 6.07) is -0.0872. The van der Waals surface area contributed by atoms with Crippen LogP contribution < -0.4 is 11.1 Å². The Morgan fingerprint density at radius 2 is 2.29 bits per heavy atom. The smallest absolute Gasteiger partial charge is 0.224 e. The van der Waals surface area contributed by atoms with Crippen molar-refractivity contribution in [2.75, 3.05) is 18.1 Å². The lowest BCUT2D eigenvalue weighted by Gasteiger charge is -2.14. The molecule has 0 aliphatic rings. The Labute approximate surface area is 90.5 Å². The molecule has 2 unspecified atom stereocenters. The summed E-state index contributed by atoms with van der Waals surface area (Å²) >= 11 is 1.75. The zero-order valence-electron chi connectivity index (χ0n) is 8.95. The molecule has 1 amide bonds. The van der Waals surface area contributed by atoms with Crippen molar-refractivity contribution in [3.05, 3.63) is 12.7 Å². The van der Waals surface area contributed by atoms with Crippen molar-refractivity contribution >= 4 is 17.7 Å². The highest BCUT2D eigenvalue weighted by Crippen LogP contribution is 2.00. The van der Waals surface area contributed by atoms with Gasteiger partial charge in [-0.1, -0.05) is 13.0 Å². The molecule has 0 aliphatic carbocycles. The van der Waals surface area contributed by atoms with Crippen LogP contribution in [-0.2, 0) is 4.79 Å². The second-order valence-corrected chi connectivity index (χ2v) is 4.45. The summed E-state index contributed by atoms with van der Waals surface area (Å²) in [5.74, 6) is 1.78. The molecule has 0 rings (SSSR count). The molecule has 0 aliphatic heterocycles. The van der Waals surface area contributed by atoms with E-state index >= 15 is 0 Å². The first-order chi connectivity index (χ1) is 6.59. The van der Waals surface area contributed by atoms with E-state index in [1.165, 1.54) is 0 Å². The fraction of sp³-hybridized carbons (Fsp3) is 0.700. The Balaban J connectivity index is 3.49. The Morgan fingerprint density at radius 1 is 1.64 bits per heavy atom. The largest absolute Gasteiger partial charge is 0.355 e.